The number of rotatable bonds is 5. The van der Waals surface area contributed by atoms with E-state index in [0.717, 1.165) is 31.7 Å². The van der Waals surface area contributed by atoms with Crippen LogP contribution < -0.4 is 10.6 Å². The average Bonchev–Trinajstić information content (AvgIpc) is 3.23. The van der Waals surface area contributed by atoms with Gasteiger partial charge in [-0.2, -0.15) is 5.10 Å². The van der Waals surface area contributed by atoms with Crippen LogP contribution in [0.5, 0.6) is 0 Å². The molecule has 0 bridgehead atoms. The zero-order chi connectivity index (χ0) is 17.8. The van der Waals surface area contributed by atoms with E-state index >= 15 is 0 Å². The maximum absolute atomic E-state index is 13.0. The number of nitrogens with one attached hydrogen (secondary N) is 2. The van der Waals surface area contributed by atoms with Crippen molar-refractivity contribution in [1.82, 2.24) is 30.2 Å². The van der Waals surface area contributed by atoms with Crippen molar-refractivity contribution in [3.8, 4) is 0 Å². The Hall–Kier alpha value is -1.35. The second-order valence-corrected chi connectivity index (χ2v) is 6.87. The Morgan fingerprint density at radius 3 is 2.52 bits per heavy atom. The summed E-state index contributed by atoms with van der Waals surface area (Å²) in [6, 6.07) is 0. The summed E-state index contributed by atoms with van der Waals surface area (Å²) < 4.78 is 1.79. The highest BCUT2D eigenvalue weighted by Gasteiger charge is 2.37. The molecule has 0 aromatic carbocycles. The van der Waals surface area contributed by atoms with E-state index in [9.17, 15) is 9.59 Å². The number of likely N-dealkylation sites (N-methyl/N-ethyl adjacent to an activating group) is 1. The molecule has 2 N–H and O–H groups in total. The molecule has 2 saturated heterocycles. The summed E-state index contributed by atoms with van der Waals surface area (Å²) in [4.78, 5) is 28.7. The van der Waals surface area contributed by atoms with Crippen molar-refractivity contribution in [2.45, 2.75) is 12.8 Å². The zero-order valence-electron chi connectivity index (χ0n) is 15.9. The average molecular weight is 421 g/mol. The lowest BCUT2D eigenvalue weighted by atomic mass is 9.89. The number of aryl methyl sites for hydroxylation is 1. The van der Waals surface area contributed by atoms with Crippen molar-refractivity contribution in [3.63, 3.8) is 0 Å². The third kappa shape index (κ3) is 5.81. The van der Waals surface area contributed by atoms with Gasteiger partial charge in [0, 0.05) is 65.0 Å². The maximum atomic E-state index is 13.0. The molecule has 2 aliphatic heterocycles. The number of piperazine rings is 1. The third-order valence-corrected chi connectivity index (χ3v) is 5.11. The summed E-state index contributed by atoms with van der Waals surface area (Å²) in [6.45, 7) is 7.41. The second-order valence-electron chi connectivity index (χ2n) is 6.87. The predicted molar refractivity (Wildman–Crippen MR) is 109 cm³/mol. The monoisotopic (exact) mass is 420 g/mol. The molecule has 2 amide bonds. The Morgan fingerprint density at radius 1 is 1.22 bits per heavy atom. The topological polar surface area (TPSA) is 82.5 Å². The number of hydrogen-bond donors (Lipinski definition) is 2. The number of aromatic nitrogens is 2. The van der Waals surface area contributed by atoms with E-state index in [1.54, 1.807) is 4.68 Å². The smallest absolute Gasteiger partial charge is 0.234 e. The molecular weight excluding hydrogens is 391 g/mol. The first-order chi connectivity index (χ1) is 12.1. The highest BCUT2D eigenvalue weighted by atomic mass is 35.5. The third-order valence-electron chi connectivity index (χ3n) is 5.11. The van der Waals surface area contributed by atoms with Gasteiger partial charge < -0.3 is 15.5 Å². The number of halogens is 2. The summed E-state index contributed by atoms with van der Waals surface area (Å²) in [6.07, 6.45) is 3.87. The fourth-order valence-electron chi connectivity index (χ4n) is 3.74. The fourth-order valence-corrected chi connectivity index (χ4v) is 3.74. The molecule has 0 unspecified atom stereocenters. The van der Waals surface area contributed by atoms with Crippen molar-refractivity contribution >= 4 is 36.6 Å². The molecule has 10 heteroatoms. The van der Waals surface area contributed by atoms with Crippen LogP contribution in [0.15, 0.2) is 12.4 Å². The summed E-state index contributed by atoms with van der Waals surface area (Å²) in [5.74, 6) is 0.434. The van der Waals surface area contributed by atoms with Crippen LogP contribution >= 0.6 is 24.8 Å². The molecular formula is C17H30Cl2N6O2. The van der Waals surface area contributed by atoms with Gasteiger partial charge in [-0.05, 0) is 12.5 Å². The van der Waals surface area contributed by atoms with Crippen LogP contribution in [0.3, 0.4) is 0 Å². The van der Waals surface area contributed by atoms with Gasteiger partial charge in [0.05, 0.1) is 18.7 Å². The second kappa shape index (κ2) is 10.8. The number of nitrogens with zero attached hydrogens (tertiary/aromatic N) is 4. The Balaban J connectivity index is 0.00000182. The van der Waals surface area contributed by atoms with Crippen molar-refractivity contribution in [3.05, 3.63) is 18.0 Å². The quantitative estimate of drug-likeness (QED) is 0.691. The molecule has 3 heterocycles. The molecule has 0 aliphatic carbocycles. The van der Waals surface area contributed by atoms with E-state index in [4.69, 9.17) is 0 Å². The van der Waals surface area contributed by atoms with Gasteiger partial charge in [-0.1, -0.05) is 0 Å². The first-order valence-corrected chi connectivity index (χ1v) is 9.05. The Bertz CT molecular complexity index is 618. The molecule has 1 aromatic heterocycles. The highest BCUT2D eigenvalue weighted by Crippen LogP contribution is 2.29. The van der Waals surface area contributed by atoms with Crippen LogP contribution in [0.1, 0.15) is 18.4 Å². The minimum absolute atomic E-state index is 0. The lowest BCUT2D eigenvalue weighted by Crippen LogP contribution is -2.52. The Morgan fingerprint density at radius 2 is 1.93 bits per heavy atom. The van der Waals surface area contributed by atoms with Gasteiger partial charge in [0.15, 0.2) is 0 Å². The predicted octanol–water partition coefficient (Wildman–Crippen LogP) is -0.153. The van der Waals surface area contributed by atoms with Crippen molar-refractivity contribution in [2.24, 2.45) is 13.0 Å². The molecule has 2 fully saturated rings. The van der Waals surface area contributed by atoms with Crippen LogP contribution in [0.2, 0.25) is 0 Å². The maximum Gasteiger partial charge on any atom is 0.234 e. The van der Waals surface area contributed by atoms with Gasteiger partial charge in [0.2, 0.25) is 11.8 Å². The minimum atomic E-state index is -0.0286. The minimum Gasteiger partial charge on any atom is -0.355 e. The Kier molecular flexibility index (Phi) is 9.52. The van der Waals surface area contributed by atoms with Gasteiger partial charge >= 0.3 is 0 Å². The molecule has 1 aromatic rings. The van der Waals surface area contributed by atoms with Gasteiger partial charge in [-0.25, -0.2) is 0 Å². The molecule has 0 radical (unpaired) electrons. The molecule has 27 heavy (non-hydrogen) atoms. The molecule has 8 nitrogen and oxygen atoms in total. The van der Waals surface area contributed by atoms with Gasteiger partial charge in [-0.3, -0.25) is 19.2 Å². The first-order valence-electron chi connectivity index (χ1n) is 9.05. The number of hydrogen-bond acceptors (Lipinski definition) is 5. The van der Waals surface area contributed by atoms with Crippen molar-refractivity contribution in [1.29, 1.82) is 0 Å². The summed E-state index contributed by atoms with van der Waals surface area (Å²) in [5.41, 5.74) is 1.13. The van der Waals surface area contributed by atoms with E-state index in [1.807, 2.05) is 31.3 Å². The zero-order valence-corrected chi connectivity index (χ0v) is 17.5. The number of amides is 2. The lowest BCUT2D eigenvalue weighted by molar-refractivity contribution is -0.137. The number of carbonyl (C=O) groups excluding carboxylic acids is 2. The van der Waals surface area contributed by atoms with Crippen LogP contribution in [-0.2, 0) is 16.6 Å². The highest BCUT2D eigenvalue weighted by molar-refractivity contribution is 5.85. The molecule has 0 spiro atoms. The molecule has 154 valence electrons. The van der Waals surface area contributed by atoms with Gasteiger partial charge in [0.1, 0.15) is 0 Å². The van der Waals surface area contributed by atoms with E-state index < -0.39 is 0 Å². The van der Waals surface area contributed by atoms with Crippen LogP contribution in [0.25, 0.3) is 0 Å². The molecule has 0 saturated carbocycles. The summed E-state index contributed by atoms with van der Waals surface area (Å²) in [5, 5.41) is 10.4. The van der Waals surface area contributed by atoms with E-state index in [0.29, 0.717) is 26.2 Å². The van der Waals surface area contributed by atoms with Crippen molar-refractivity contribution < 1.29 is 9.59 Å². The number of carbonyl (C=O) groups is 2. The largest absolute Gasteiger partial charge is 0.355 e. The van der Waals surface area contributed by atoms with E-state index in [1.165, 1.54) is 0 Å². The SMILES string of the molecule is CCNC(=O)CN1CCN(C(=O)[C@H]2CNC[C@@H]2c2cnn(C)c2)CC1.Cl.Cl. The molecule has 3 rings (SSSR count). The molecule has 2 atom stereocenters. The van der Waals surface area contributed by atoms with E-state index in [-0.39, 0.29) is 48.5 Å². The van der Waals surface area contributed by atoms with E-state index in [2.05, 4.69) is 20.6 Å². The summed E-state index contributed by atoms with van der Waals surface area (Å²) in [7, 11) is 1.90. The van der Waals surface area contributed by atoms with Crippen molar-refractivity contribution in [2.75, 3.05) is 52.4 Å². The van der Waals surface area contributed by atoms with Gasteiger partial charge in [-0.15, -0.1) is 24.8 Å². The fraction of sp³-hybridized carbons (Fsp3) is 0.706. The van der Waals surface area contributed by atoms with Crippen LogP contribution in [0.4, 0.5) is 0 Å². The standard InChI is InChI=1S/C17H28N6O2.2ClH/c1-3-19-16(24)12-22-4-6-23(7-5-22)17(25)15-10-18-9-14(15)13-8-20-21(2)11-13;;/h8,11,14-15,18H,3-7,9-10,12H2,1-2H3,(H,19,24);2*1H/t14-,15+;;/m1../s1. The van der Waals surface area contributed by atoms with Crippen LogP contribution in [0, 0.1) is 5.92 Å². The lowest BCUT2D eigenvalue weighted by Gasteiger charge is -2.36. The van der Waals surface area contributed by atoms with Crippen LogP contribution in [-0.4, -0.2) is 83.8 Å². The van der Waals surface area contributed by atoms with Gasteiger partial charge in [0.25, 0.3) is 0 Å². The Labute approximate surface area is 172 Å². The summed E-state index contributed by atoms with van der Waals surface area (Å²) >= 11 is 0. The first kappa shape index (κ1) is 23.7. The normalized spacial score (nSPS) is 22.7. The molecule has 2 aliphatic rings.